The minimum absolute atomic E-state index is 0.0567. The van der Waals surface area contributed by atoms with E-state index in [0.717, 1.165) is 11.1 Å². The van der Waals surface area contributed by atoms with Crippen LogP contribution in [0.5, 0.6) is 0 Å². The largest absolute Gasteiger partial charge is 0.491 e. The Morgan fingerprint density at radius 1 is 0.800 bits per heavy atom. The molecule has 0 saturated carbocycles. The van der Waals surface area contributed by atoms with Crippen LogP contribution in [0.25, 0.3) is 11.1 Å². The molecule has 0 aromatic heterocycles. The number of halogens is 4. The van der Waals surface area contributed by atoms with Crippen LogP contribution in [-0.2, 0) is 23.9 Å². The number of ether oxygens (including phenoxy) is 1. The molecular formula is C31H30ClF3N4O6. The van der Waals surface area contributed by atoms with E-state index in [1.807, 2.05) is 30.3 Å². The van der Waals surface area contributed by atoms with E-state index in [2.05, 4.69) is 26.0 Å². The van der Waals surface area contributed by atoms with Crippen LogP contribution in [0.3, 0.4) is 0 Å². The van der Waals surface area contributed by atoms with Gasteiger partial charge < -0.3 is 26.0 Å². The van der Waals surface area contributed by atoms with Crippen molar-refractivity contribution in [2.24, 2.45) is 0 Å². The first-order chi connectivity index (χ1) is 21.4. The molecule has 3 aromatic rings. The van der Waals surface area contributed by atoms with Crippen molar-refractivity contribution in [2.75, 3.05) is 18.4 Å². The lowest BCUT2D eigenvalue weighted by Gasteiger charge is -2.19. The maximum Gasteiger partial charge on any atom is 0.491 e. The lowest BCUT2D eigenvalue weighted by atomic mass is 9.99. The fourth-order valence-corrected chi connectivity index (χ4v) is 4.22. The molecular weight excluding hydrogens is 617 g/mol. The monoisotopic (exact) mass is 646 g/mol. The Bertz CT molecular complexity index is 1490. The van der Waals surface area contributed by atoms with Crippen molar-refractivity contribution in [1.82, 2.24) is 16.0 Å². The number of hydrogen-bond donors (Lipinski definition) is 4. The zero-order valence-corrected chi connectivity index (χ0v) is 24.5. The molecule has 0 spiro atoms. The van der Waals surface area contributed by atoms with E-state index in [9.17, 15) is 37.1 Å². The van der Waals surface area contributed by atoms with Gasteiger partial charge in [0.25, 0.3) is 0 Å². The number of esters is 2. The maximum absolute atomic E-state index is 12.6. The van der Waals surface area contributed by atoms with Crippen LogP contribution in [0.2, 0.25) is 5.02 Å². The first-order valence-corrected chi connectivity index (χ1v) is 14.1. The standard InChI is InChI=1S/C31H30ClF3N4O6/c32-23-9-6-10-24(17-23)38-30(44)36-16-5-4-11-26(40)37-19-27(41)39-25(18-28(42)45-29(43)31(33,34)35)22-14-12-21(13-15-22)20-7-2-1-3-8-20/h1-3,6-10,12-15,17,25H,4-5,11,16,18-19H2,(H,37,40)(H,39,41)(H2,36,38,44). The molecule has 0 fully saturated rings. The summed E-state index contributed by atoms with van der Waals surface area (Å²) in [5, 5.41) is 10.7. The Balaban J connectivity index is 1.48. The number of hydrogen-bond acceptors (Lipinski definition) is 6. The molecule has 238 valence electrons. The highest BCUT2D eigenvalue weighted by Crippen LogP contribution is 2.25. The summed E-state index contributed by atoms with van der Waals surface area (Å²) in [4.78, 5) is 60.0. The van der Waals surface area contributed by atoms with Crippen molar-refractivity contribution < 1.29 is 41.9 Å². The molecule has 0 saturated heterocycles. The predicted molar refractivity (Wildman–Crippen MR) is 160 cm³/mol. The fraction of sp³-hybridized carbons (Fsp3) is 0.258. The van der Waals surface area contributed by atoms with Crippen LogP contribution < -0.4 is 21.3 Å². The van der Waals surface area contributed by atoms with E-state index in [1.54, 1.807) is 48.5 Å². The third-order valence-electron chi connectivity index (χ3n) is 6.21. The van der Waals surface area contributed by atoms with Gasteiger partial charge in [-0.15, -0.1) is 0 Å². The Morgan fingerprint density at radius 2 is 1.49 bits per heavy atom. The second kappa shape index (κ2) is 16.8. The van der Waals surface area contributed by atoms with Crippen LogP contribution in [0.15, 0.2) is 78.9 Å². The van der Waals surface area contributed by atoms with Crippen molar-refractivity contribution in [1.29, 1.82) is 0 Å². The summed E-state index contributed by atoms with van der Waals surface area (Å²) in [5.74, 6) is -5.34. The highest BCUT2D eigenvalue weighted by atomic mass is 35.5. The van der Waals surface area contributed by atoms with Gasteiger partial charge in [0.15, 0.2) is 0 Å². The number of amides is 4. The van der Waals surface area contributed by atoms with Crippen LogP contribution in [0.1, 0.15) is 37.3 Å². The lowest BCUT2D eigenvalue weighted by Crippen LogP contribution is -2.39. The number of anilines is 1. The molecule has 0 aliphatic heterocycles. The average Bonchev–Trinajstić information content (AvgIpc) is 2.99. The van der Waals surface area contributed by atoms with Gasteiger partial charge in [0, 0.05) is 23.7 Å². The Hall–Kier alpha value is -4.91. The van der Waals surface area contributed by atoms with E-state index in [0.29, 0.717) is 29.1 Å². The van der Waals surface area contributed by atoms with E-state index in [-0.39, 0.29) is 13.0 Å². The molecule has 3 rings (SSSR count). The van der Waals surface area contributed by atoms with Gasteiger partial charge in [0.1, 0.15) is 0 Å². The smallest absolute Gasteiger partial charge is 0.386 e. The molecule has 1 unspecified atom stereocenters. The molecule has 14 heteroatoms. The number of rotatable bonds is 13. The van der Waals surface area contributed by atoms with Crippen LogP contribution in [0, 0.1) is 0 Å². The molecule has 1 atom stereocenters. The number of benzene rings is 3. The molecule has 10 nitrogen and oxygen atoms in total. The van der Waals surface area contributed by atoms with Gasteiger partial charge in [-0.2, -0.15) is 13.2 Å². The summed E-state index contributed by atoms with van der Waals surface area (Å²) in [5.41, 5.74) is 2.58. The summed E-state index contributed by atoms with van der Waals surface area (Å²) < 4.78 is 41.6. The van der Waals surface area contributed by atoms with Crippen LogP contribution in [0.4, 0.5) is 23.7 Å². The maximum atomic E-state index is 12.6. The summed E-state index contributed by atoms with van der Waals surface area (Å²) in [6.07, 6.45) is -5.20. The van der Waals surface area contributed by atoms with Gasteiger partial charge in [0.05, 0.1) is 19.0 Å². The average molecular weight is 647 g/mol. The minimum Gasteiger partial charge on any atom is -0.386 e. The quantitative estimate of drug-likeness (QED) is 0.113. The van der Waals surface area contributed by atoms with Crippen LogP contribution >= 0.6 is 11.6 Å². The Morgan fingerprint density at radius 3 is 2.16 bits per heavy atom. The van der Waals surface area contributed by atoms with E-state index >= 15 is 0 Å². The molecule has 0 aliphatic rings. The molecule has 3 aromatic carbocycles. The highest BCUT2D eigenvalue weighted by molar-refractivity contribution is 6.30. The molecule has 4 N–H and O–H groups in total. The minimum atomic E-state index is -5.37. The molecule has 45 heavy (non-hydrogen) atoms. The van der Waals surface area contributed by atoms with Crippen molar-refractivity contribution in [3.05, 3.63) is 89.4 Å². The molecule has 4 amide bonds. The predicted octanol–water partition coefficient (Wildman–Crippen LogP) is 5.29. The summed E-state index contributed by atoms with van der Waals surface area (Å²) in [6.45, 7) is -0.188. The summed E-state index contributed by atoms with van der Waals surface area (Å²) in [6, 6.07) is 20.9. The van der Waals surface area contributed by atoms with Gasteiger partial charge in [-0.05, 0) is 47.7 Å². The first kappa shape index (κ1) is 34.6. The highest BCUT2D eigenvalue weighted by Gasteiger charge is 2.42. The van der Waals surface area contributed by atoms with Gasteiger partial charge in [-0.3, -0.25) is 14.4 Å². The first-order valence-electron chi connectivity index (χ1n) is 13.7. The number of urea groups is 1. The van der Waals surface area contributed by atoms with E-state index in [4.69, 9.17) is 11.6 Å². The summed E-state index contributed by atoms with van der Waals surface area (Å²) in [7, 11) is 0. The van der Waals surface area contributed by atoms with E-state index in [1.165, 1.54) is 0 Å². The van der Waals surface area contributed by atoms with Gasteiger partial charge in [-0.1, -0.05) is 72.3 Å². The van der Waals surface area contributed by atoms with Crippen molar-refractivity contribution in [3.8, 4) is 11.1 Å². The third-order valence-corrected chi connectivity index (χ3v) is 6.44. The second-order valence-electron chi connectivity index (χ2n) is 9.70. The van der Waals surface area contributed by atoms with Gasteiger partial charge >= 0.3 is 24.1 Å². The molecule has 0 aliphatic carbocycles. The van der Waals surface area contributed by atoms with Crippen molar-refractivity contribution in [3.63, 3.8) is 0 Å². The normalized spacial score (nSPS) is 11.6. The number of alkyl halides is 3. The lowest BCUT2D eigenvalue weighted by molar-refractivity contribution is -0.202. The SMILES string of the molecule is O=C(CCCCNC(=O)Nc1cccc(Cl)c1)NCC(=O)NC(CC(=O)OC(=O)C(F)(F)F)c1ccc(-c2ccccc2)cc1. The zero-order chi connectivity index (χ0) is 32.8. The molecule has 0 bridgehead atoms. The zero-order valence-electron chi connectivity index (χ0n) is 23.8. The molecule has 0 radical (unpaired) electrons. The fourth-order valence-electron chi connectivity index (χ4n) is 4.03. The molecule has 0 heterocycles. The number of carbonyl (C=O) groups excluding carboxylic acids is 5. The number of nitrogens with one attached hydrogen (secondary N) is 4. The van der Waals surface area contributed by atoms with Gasteiger partial charge in [-0.25, -0.2) is 9.59 Å². The number of unbranched alkanes of at least 4 members (excludes halogenated alkanes) is 1. The number of carbonyl (C=O) groups is 5. The van der Waals surface area contributed by atoms with Crippen molar-refractivity contribution in [2.45, 2.75) is 37.9 Å². The Labute approximate surface area is 261 Å². The van der Waals surface area contributed by atoms with E-state index < -0.39 is 55.0 Å². The van der Waals surface area contributed by atoms with Crippen molar-refractivity contribution >= 4 is 47.1 Å². The van der Waals surface area contributed by atoms with Gasteiger partial charge in [0.2, 0.25) is 11.8 Å². The second-order valence-corrected chi connectivity index (χ2v) is 10.1. The topological polar surface area (TPSA) is 143 Å². The third kappa shape index (κ3) is 12.3. The summed E-state index contributed by atoms with van der Waals surface area (Å²) >= 11 is 5.88. The van der Waals surface area contributed by atoms with Crippen LogP contribution in [-0.4, -0.2) is 49.0 Å². The Kier molecular flexibility index (Phi) is 12.9.